The summed E-state index contributed by atoms with van der Waals surface area (Å²) in [7, 11) is 0. The van der Waals surface area contributed by atoms with Gasteiger partial charge in [0, 0.05) is 11.0 Å². The lowest BCUT2D eigenvalue weighted by Gasteiger charge is -2.13. The lowest BCUT2D eigenvalue weighted by molar-refractivity contribution is -0.137. The average Bonchev–Trinajstić information content (AvgIpc) is 2.38. The predicted octanol–water partition coefficient (Wildman–Crippen LogP) is 3.50. The molecule has 1 rings (SSSR count). The number of alkyl halides is 3. The van der Waals surface area contributed by atoms with Gasteiger partial charge in [-0.25, -0.2) is 5.84 Å². The van der Waals surface area contributed by atoms with Crippen molar-refractivity contribution in [3.8, 4) is 0 Å². The van der Waals surface area contributed by atoms with Gasteiger partial charge in [-0.1, -0.05) is 13.3 Å². The number of hydrogen-bond acceptors (Lipinski definition) is 2. The van der Waals surface area contributed by atoms with Crippen molar-refractivity contribution in [1.82, 2.24) is 5.43 Å². The van der Waals surface area contributed by atoms with Crippen molar-refractivity contribution >= 4 is 27.6 Å². The fourth-order valence-corrected chi connectivity index (χ4v) is 1.74. The van der Waals surface area contributed by atoms with Gasteiger partial charge >= 0.3 is 6.18 Å². The molecule has 0 heterocycles. The maximum Gasteiger partial charge on any atom is 0.416 e. The minimum absolute atomic E-state index is 0.221. The number of hydrazine groups is 1. The molecule has 0 unspecified atom stereocenters. The standard InChI is InChI=1S/C12H16BrF3N4/c1-2-3-6-18-11(20-17)19-10-7-8(12(14,15)16)4-5-9(10)13/h4-5,7H,2-3,6,17H2,1H3,(H2,18,19,20). The Balaban J connectivity index is 2.92. The molecule has 0 saturated heterocycles. The number of hydrogen-bond donors (Lipinski definition) is 3. The van der Waals surface area contributed by atoms with E-state index in [0.29, 0.717) is 11.0 Å². The summed E-state index contributed by atoms with van der Waals surface area (Å²) in [6.07, 6.45) is -2.56. The number of nitrogens with one attached hydrogen (secondary N) is 2. The molecule has 4 nitrogen and oxygen atoms in total. The summed E-state index contributed by atoms with van der Waals surface area (Å²) in [6.45, 7) is 2.56. The van der Waals surface area contributed by atoms with Gasteiger partial charge in [-0.15, -0.1) is 0 Å². The highest BCUT2D eigenvalue weighted by molar-refractivity contribution is 9.10. The molecule has 0 spiro atoms. The summed E-state index contributed by atoms with van der Waals surface area (Å²) < 4.78 is 38.5. The highest BCUT2D eigenvalue weighted by Gasteiger charge is 2.30. The first-order chi connectivity index (χ1) is 9.38. The Kier molecular flexibility index (Phi) is 6.28. The zero-order chi connectivity index (χ0) is 15.2. The first-order valence-corrected chi connectivity index (χ1v) is 6.82. The minimum atomic E-state index is -4.40. The number of halogens is 4. The molecule has 0 amide bonds. The van der Waals surface area contributed by atoms with Gasteiger partial charge in [-0.2, -0.15) is 13.2 Å². The third-order valence-electron chi connectivity index (χ3n) is 2.47. The fraction of sp³-hybridized carbons (Fsp3) is 0.417. The molecule has 0 aliphatic carbocycles. The number of guanidine groups is 1. The Morgan fingerprint density at radius 1 is 1.40 bits per heavy atom. The first kappa shape index (κ1) is 16.8. The monoisotopic (exact) mass is 352 g/mol. The summed E-state index contributed by atoms with van der Waals surface area (Å²) in [5, 5.41) is 2.74. The van der Waals surface area contributed by atoms with Crippen LogP contribution in [0.2, 0.25) is 0 Å². The lowest BCUT2D eigenvalue weighted by atomic mass is 10.2. The van der Waals surface area contributed by atoms with Gasteiger partial charge in [0.25, 0.3) is 0 Å². The van der Waals surface area contributed by atoms with E-state index < -0.39 is 11.7 Å². The van der Waals surface area contributed by atoms with E-state index in [1.807, 2.05) is 6.92 Å². The summed E-state index contributed by atoms with van der Waals surface area (Å²) in [4.78, 5) is 4.13. The van der Waals surface area contributed by atoms with Gasteiger partial charge in [0.2, 0.25) is 5.96 Å². The molecule has 112 valence electrons. The maximum absolute atomic E-state index is 12.7. The number of anilines is 1. The molecule has 4 N–H and O–H groups in total. The van der Waals surface area contributed by atoms with Crippen molar-refractivity contribution in [3.63, 3.8) is 0 Å². The largest absolute Gasteiger partial charge is 0.416 e. The van der Waals surface area contributed by atoms with E-state index in [4.69, 9.17) is 5.84 Å². The van der Waals surface area contributed by atoms with Crippen LogP contribution in [0, 0.1) is 0 Å². The molecule has 0 atom stereocenters. The smallest absolute Gasteiger partial charge is 0.324 e. The molecular weight excluding hydrogens is 337 g/mol. The number of nitrogens with zero attached hydrogens (tertiary/aromatic N) is 1. The molecule has 0 bridgehead atoms. The molecule has 1 aromatic carbocycles. The number of aliphatic imine (C=N–C) groups is 1. The minimum Gasteiger partial charge on any atom is -0.324 e. The molecule has 0 aromatic heterocycles. The number of rotatable bonds is 4. The van der Waals surface area contributed by atoms with E-state index in [1.165, 1.54) is 6.07 Å². The van der Waals surface area contributed by atoms with Crippen LogP contribution in [0.1, 0.15) is 25.3 Å². The molecule has 1 aromatic rings. The fourth-order valence-electron chi connectivity index (χ4n) is 1.40. The molecule has 0 radical (unpaired) electrons. The first-order valence-electron chi connectivity index (χ1n) is 6.03. The molecule has 0 fully saturated rings. The van der Waals surface area contributed by atoms with Crippen LogP contribution in [-0.4, -0.2) is 12.5 Å². The van der Waals surface area contributed by atoms with E-state index in [9.17, 15) is 13.2 Å². The Labute approximate surface area is 123 Å². The highest BCUT2D eigenvalue weighted by Crippen LogP contribution is 2.33. The predicted molar refractivity (Wildman–Crippen MR) is 77.3 cm³/mol. The summed E-state index contributed by atoms with van der Waals surface area (Å²) in [6, 6.07) is 3.32. The van der Waals surface area contributed by atoms with Crippen molar-refractivity contribution in [2.75, 3.05) is 11.9 Å². The lowest BCUT2D eigenvalue weighted by Crippen LogP contribution is -2.36. The van der Waals surface area contributed by atoms with Crippen molar-refractivity contribution in [3.05, 3.63) is 28.2 Å². The third-order valence-corrected chi connectivity index (χ3v) is 3.16. The second kappa shape index (κ2) is 7.49. The Bertz CT molecular complexity index is 474. The topological polar surface area (TPSA) is 62.4 Å². The zero-order valence-electron chi connectivity index (χ0n) is 10.9. The normalized spacial score (nSPS) is 12.4. The molecule has 0 aliphatic rings. The molecular formula is C12H16BrF3N4. The highest BCUT2D eigenvalue weighted by atomic mass is 79.9. The second-order valence-electron chi connectivity index (χ2n) is 4.05. The second-order valence-corrected chi connectivity index (χ2v) is 4.90. The summed E-state index contributed by atoms with van der Waals surface area (Å²) in [5.74, 6) is 5.52. The molecule has 8 heteroatoms. The summed E-state index contributed by atoms with van der Waals surface area (Å²) in [5.41, 5.74) is 1.83. The number of nitrogens with two attached hydrogens (primary N) is 1. The van der Waals surface area contributed by atoms with E-state index in [1.54, 1.807) is 0 Å². The average molecular weight is 353 g/mol. The quantitative estimate of drug-likeness (QED) is 0.255. The van der Waals surface area contributed by atoms with Gasteiger partial charge in [0.1, 0.15) is 0 Å². The van der Waals surface area contributed by atoms with Crippen LogP contribution in [0.25, 0.3) is 0 Å². The number of benzene rings is 1. The van der Waals surface area contributed by atoms with Crippen molar-refractivity contribution < 1.29 is 13.2 Å². The van der Waals surface area contributed by atoms with Crippen LogP contribution in [0.4, 0.5) is 18.9 Å². The SMILES string of the molecule is CCCCN=C(NN)Nc1cc(C(F)(F)F)ccc1Br. The van der Waals surface area contributed by atoms with Crippen LogP contribution in [0.5, 0.6) is 0 Å². The van der Waals surface area contributed by atoms with Crippen molar-refractivity contribution in [1.29, 1.82) is 0 Å². The Morgan fingerprint density at radius 2 is 2.10 bits per heavy atom. The number of unbranched alkanes of at least 4 members (excludes halogenated alkanes) is 1. The van der Waals surface area contributed by atoms with E-state index >= 15 is 0 Å². The van der Waals surface area contributed by atoms with Gasteiger partial charge in [0.05, 0.1) is 11.3 Å². The van der Waals surface area contributed by atoms with Crippen LogP contribution in [0.15, 0.2) is 27.7 Å². The Morgan fingerprint density at radius 3 is 2.65 bits per heavy atom. The van der Waals surface area contributed by atoms with E-state index in [-0.39, 0.29) is 11.6 Å². The third kappa shape index (κ3) is 5.01. The van der Waals surface area contributed by atoms with E-state index in [2.05, 4.69) is 31.7 Å². The van der Waals surface area contributed by atoms with Gasteiger partial charge in [-0.3, -0.25) is 10.4 Å². The summed E-state index contributed by atoms with van der Waals surface area (Å²) >= 11 is 3.18. The van der Waals surface area contributed by atoms with Gasteiger partial charge < -0.3 is 5.32 Å². The maximum atomic E-state index is 12.7. The van der Waals surface area contributed by atoms with Gasteiger partial charge in [-0.05, 0) is 40.5 Å². The molecule has 20 heavy (non-hydrogen) atoms. The molecule has 0 aliphatic heterocycles. The van der Waals surface area contributed by atoms with Crippen LogP contribution in [0.3, 0.4) is 0 Å². The van der Waals surface area contributed by atoms with Crippen molar-refractivity contribution in [2.45, 2.75) is 25.9 Å². The molecule has 0 saturated carbocycles. The van der Waals surface area contributed by atoms with Crippen LogP contribution < -0.4 is 16.6 Å². The Hall–Kier alpha value is -1.28. The van der Waals surface area contributed by atoms with Crippen molar-refractivity contribution in [2.24, 2.45) is 10.8 Å². The van der Waals surface area contributed by atoms with Crippen LogP contribution in [-0.2, 0) is 6.18 Å². The van der Waals surface area contributed by atoms with Gasteiger partial charge in [0.15, 0.2) is 0 Å². The van der Waals surface area contributed by atoms with E-state index in [0.717, 1.165) is 25.0 Å². The van der Waals surface area contributed by atoms with Crippen LogP contribution >= 0.6 is 15.9 Å². The zero-order valence-corrected chi connectivity index (χ0v) is 12.5.